The van der Waals surface area contributed by atoms with Crippen molar-refractivity contribution >= 4 is 23.1 Å². The van der Waals surface area contributed by atoms with Crippen LogP contribution in [0, 0.1) is 18.3 Å². The molecule has 2 aliphatic carbocycles. The van der Waals surface area contributed by atoms with Crippen molar-refractivity contribution in [2.45, 2.75) is 64.0 Å². The molecule has 0 N–H and O–H groups in total. The van der Waals surface area contributed by atoms with Crippen LogP contribution in [-0.2, 0) is 0 Å². The molecular formula is C17H26BrFMg. The molecule has 0 saturated heterocycles. The number of hydrogen-bond donors (Lipinski definition) is 0. The number of halogens is 2. The molecule has 0 bridgehead atoms. The Bertz CT molecular complexity index is 308. The van der Waals surface area contributed by atoms with Gasteiger partial charge in [-0.05, 0) is 24.7 Å². The maximum Gasteiger partial charge on any atom is 2.00 e. The van der Waals surface area contributed by atoms with E-state index in [-0.39, 0.29) is 46.0 Å². The van der Waals surface area contributed by atoms with Crippen molar-refractivity contribution in [1.82, 2.24) is 0 Å². The first kappa shape index (κ1) is 20.5. The third-order valence-corrected chi connectivity index (χ3v) is 4.61. The number of rotatable bonds is 5. The first-order chi connectivity index (χ1) is 8.74. The zero-order chi connectivity index (χ0) is 12.8. The van der Waals surface area contributed by atoms with E-state index in [1.54, 1.807) is 12.5 Å². The zero-order valence-corrected chi connectivity index (χ0v) is 15.7. The van der Waals surface area contributed by atoms with E-state index in [1.807, 2.05) is 18.2 Å². The van der Waals surface area contributed by atoms with E-state index in [1.165, 1.54) is 38.5 Å². The van der Waals surface area contributed by atoms with Crippen LogP contribution in [0.2, 0.25) is 0 Å². The summed E-state index contributed by atoms with van der Waals surface area (Å²) in [7, 11) is 0. The quantitative estimate of drug-likeness (QED) is 0.403. The van der Waals surface area contributed by atoms with Crippen molar-refractivity contribution < 1.29 is 21.4 Å². The summed E-state index contributed by atoms with van der Waals surface area (Å²) < 4.78 is 14.7. The molecule has 0 amide bonds. The minimum Gasteiger partial charge on any atom is -1.00 e. The van der Waals surface area contributed by atoms with Crippen molar-refractivity contribution in [3.05, 3.63) is 30.7 Å². The van der Waals surface area contributed by atoms with Crippen LogP contribution >= 0.6 is 0 Å². The Morgan fingerprint density at radius 1 is 1.15 bits per heavy atom. The van der Waals surface area contributed by atoms with Crippen molar-refractivity contribution in [2.75, 3.05) is 0 Å². The second-order valence-electron chi connectivity index (χ2n) is 5.95. The summed E-state index contributed by atoms with van der Waals surface area (Å²) in [6, 6.07) is 0. The summed E-state index contributed by atoms with van der Waals surface area (Å²) in [4.78, 5) is 0. The average Bonchev–Trinajstić information content (AvgIpc) is 2.41. The molecule has 0 aliphatic heterocycles. The smallest absolute Gasteiger partial charge is 1.00 e. The molecule has 1 fully saturated rings. The monoisotopic (exact) mass is 352 g/mol. The summed E-state index contributed by atoms with van der Waals surface area (Å²) in [5, 5.41) is 0. The van der Waals surface area contributed by atoms with Crippen molar-refractivity contribution in [1.29, 1.82) is 0 Å². The van der Waals surface area contributed by atoms with Crippen LogP contribution in [0.25, 0.3) is 0 Å². The standard InChI is InChI=1S/C17H26F.BrH.Mg/c1-2-3-5-8-15-9-11-16(12-10-15)17(18)13-6-4-7-14-17;;/h4,6-7,13-16H,2-3,5,8-12H2,1H3;1H;/q-1;;+2/p-1. The van der Waals surface area contributed by atoms with E-state index in [9.17, 15) is 4.39 Å². The fourth-order valence-corrected chi connectivity index (χ4v) is 3.37. The minimum atomic E-state index is -1.16. The van der Waals surface area contributed by atoms with E-state index < -0.39 is 5.67 Å². The normalized spacial score (nSPS) is 31.9. The predicted octanol–water partition coefficient (Wildman–Crippen LogP) is 2.03. The van der Waals surface area contributed by atoms with E-state index >= 15 is 0 Å². The second kappa shape index (κ2) is 10.3. The van der Waals surface area contributed by atoms with Gasteiger partial charge in [0.25, 0.3) is 0 Å². The summed E-state index contributed by atoms with van der Waals surface area (Å²) in [5.74, 6) is 1.07. The van der Waals surface area contributed by atoms with Gasteiger partial charge in [0, 0.05) is 0 Å². The van der Waals surface area contributed by atoms with Crippen LogP contribution in [0.3, 0.4) is 0 Å². The van der Waals surface area contributed by atoms with Gasteiger partial charge in [0.15, 0.2) is 0 Å². The molecule has 2 aliphatic rings. The van der Waals surface area contributed by atoms with Crippen LogP contribution in [0.5, 0.6) is 0 Å². The molecule has 0 aromatic rings. The van der Waals surface area contributed by atoms with Crippen LogP contribution in [-0.4, -0.2) is 28.7 Å². The Morgan fingerprint density at radius 3 is 2.40 bits per heavy atom. The van der Waals surface area contributed by atoms with Gasteiger partial charge in [0.1, 0.15) is 0 Å². The Morgan fingerprint density at radius 2 is 1.85 bits per heavy atom. The Labute approximate surface area is 150 Å². The Balaban J connectivity index is 0.00000180. The predicted molar refractivity (Wildman–Crippen MR) is 81.8 cm³/mol. The Kier molecular flexibility index (Phi) is 10.6. The zero-order valence-electron chi connectivity index (χ0n) is 12.7. The third kappa shape index (κ3) is 5.73. The molecule has 2 rings (SSSR count). The van der Waals surface area contributed by atoms with Gasteiger partial charge in [0.05, 0.1) is 5.67 Å². The van der Waals surface area contributed by atoms with Gasteiger partial charge < -0.3 is 17.0 Å². The van der Waals surface area contributed by atoms with Crippen LogP contribution in [0.4, 0.5) is 4.39 Å². The minimum absolute atomic E-state index is 0. The van der Waals surface area contributed by atoms with Crippen LogP contribution < -0.4 is 17.0 Å². The maximum absolute atomic E-state index is 14.7. The first-order valence-electron chi connectivity index (χ1n) is 7.64. The molecule has 110 valence electrons. The molecule has 3 heteroatoms. The van der Waals surface area contributed by atoms with Gasteiger partial charge >= 0.3 is 23.1 Å². The average molecular weight is 354 g/mol. The van der Waals surface area contributed by atoms with Crippen molar-refractivity contribution in [3.63, 3.8) is 0 Å². The van der Waals surface area contributed by atoms with Gasteiger partial charge in [-0.3, -0.25) is 4.39 Å². The van der Waals surface area contributed by atoms with Gasteiger partial charge in [-0.1, -0.05) is 51.5 Å². The van der Waals surface area contributed by atoms with E-state index in [2.05, 4.69) is 6.92 Å². The van der Waals surface area contributed by atoms with Crippen LogP contribution in [0.1, 0.15) is 58.3 Å². The molecule has 1 saturated carbocycles. The van der Waals surface area contributed by atoms with Gasteiger partial charge in [-0.15, -0.1) is 6.08 Å². The summed E-state index contributed by atoms with van der Waals surface area (Å²) in [5.41, 5.74) is -1.16. The number of hydrogen-bond acceptors (Lipinski definition) is 0. The summed E-state index contributed by atoms with van der Waals surface area (Å²) >= 11 is 0. The maximum atomic E-state index is 14.7. The van der Waals surface area contributed by atoms with Crippen molar-refractivity contribution in [3.8, 4) is 0 Å². The van der Waals surface area contributed by atoms with E-state index in [0.29, 0.717) is 0 Å². The summed E-state index contributed by atoms with van der Waals surface area (Å²) in [6.07, 6.45) is 19.1. The number of unbranched alkanes of at least 4 members (excludes halogenated alkanes) is 2. The SMILES string of the molecule is CCCCCC1CCC(C2(F)C=CC=C[CH-]2)CC1.[Br-].[Mg+2]. The van der Waals surface area contributed by atoms with E-state index in [0.717, 1.165) is 18.8 Å². The molecule has 1 unspecified atom stereocenters. The largest absolute Gasteiger partial charge is 2.00 e. The fraction of sp³-hybridized carbons (Fsp3) is 0.706. The molecule has 0 radical (unpaired) electrons. The third-order valence-electron chi connectivity index (χ3n) is 4.61. The Hall–Kier alpha value is 0.526. The topological polar surface area (TPSA) is 0 Å². The van der Waals surface area contributed by atoms with Gasteiger partial charge in [0.2, 0.25) is 0 Å². The molecule has 20 heavy (non-hydrogen) atoms. The fourth-order valence-electron chi connectivity index (χ4n) is 3.37. The molecular weight excluding hydrogens is 327 g/mol. The summed E-state index contributed by atoms with van der Waals surface area (Å²) in [6.45, 7) is 2.25. The number of allylic oxidation sites excluding steroid dienone is 4. The first-order valence-corrected chi connectivity index (χ1v) is 7.64. The van der Waals surface area contributed by atoms with Crippen LogP contribution in [0.15, 0.2) is 24.3 Å². The molecule has 1 atom stereocenters. The molecule has 0 aromatic heterocycles. The van der Waals surface area contributed by atoms with Crippen molar-refractivity contribution in [2.24, 2.45) is 11.8 Å². The van der Waals surface area contributed by atoms with Gasteiger partial charge in [-0.25, -0.2) is 12.2 Å². The molecule has 0 spiro atoms. The van der Waals surface area contributed by atoms with Gasteiger partial charge in [-0.2, -0.15) is 6.42 Å². The number of alkyl halides is 1. The molecule has 0 heterocycles. The molecule has 0 aromatic carbocycles. The second-order valence-corrected chi connectivity index (χ2v) is 5.95. The van der Waals surface area contributed by atoms with E-state index in [4.69, 9.17) is 0 Å². The molecule has 0 nitrogen and oxygen atoms in total.